The van der Waals surface area contributed by atoms with Crippen LogP contribution < -0.4 is 0 Å². The van der Waals surface area contributed by atoms with E-state index in [1.165, 1.54) is 0 Å². The van der Waals surface area contributed by atoms with E-state index in [1.807, 2.05) is 37.3 Å². The SMILES string of the molecule is CCOC1=C(c2ccccc2)C(=O)C(=C([Si](C)(C)C)[Si](C)(C)C)C1=O. The Morgan fingerprint density at radius 3 is 1.84 bits per heavy atom. The highest BCUT2D eigenvalue weighted by Gasteiger charge is 2.45. The van der Waals surface area contributed by atoms with Gasteiger partial charge in [0.15, 0.2) is 5.76 Å². The molecule has 0 spiro atoms. The minimum atomic E-state index is -1.84. The summed E-state index contributed by atoms with van der Waals surface area (Å²) in [6, 6.07) is 9.39. The average molecular weight is 373 g/mol. The van der Waals surface area contributed by atoms with Gasteiger partial charge in [0, 0.05) is 0 Å². The second kappa shape index (κ2) is 6.88. The molecule has 1 aliphatic carbocycles. The molecule has 0 aromatic heterocycles. The molecule has 0 atom stereocenters. The number of benzene rings is 1. The smallest absolute Gasteiger partial charge is 0.231 e. The molecule has 2 rings (SSSR count). The van der Waals surface area contributed by atoms with Gasteiger partial charge in [-0.05, 0) is 12.5 Å². The van der Waals surface area contributed by atoms with Crippen LogP contribution in [0.2, 0.25) is 39.3 Å². The maximum atomic E-state index is 13.4. The predicted molar refractivity (Wildman–Crippen MR) is 109 cm³/mol. The Hall–Kier alpha value is -1.73. The van der Waals surface area contributed by atoms with E-state index in [0.717, 1.165) is 10.4 Å². The minimum Gasteiger partial charge on any atom is -0.489 e. The molecular weight excluding hydrogens is 344 g/mol. The number of ether oxygens (including phenoxy) is 1. The zero-order valence-electron chi connectivity index (χ0n) is 16.3. The van der Waals surface area contributed by atoms with Crippen molar-refractivity contribution in [3.05, 3.63) is 52.0 Å². The van der Waals surface area contributed by atoms with Gasteiger partial charge in [-0.2, -0.15) is 0 Å². The number of hydrogen-bond donors (Lipinski definition) is 0. The summed E-state index contributed by atoms with van der Waals surface area (Å²) >= 11 is 0. The van der Waals surface area contributed by atoms with Crippen LogP contribution in [0.4, 0.5) is 0 Å². The molecule has 0 saturated heterocycles. The first-order valence-corrected chi connectivity index (χ1v) is 15.8. The Balaban J connectivity index is 2.78. The predicted octanol–water partition coefficient (Wildman–Crippen LogP) is 4.64. The molecule has 0 N–H and O–H groups in total. The second-order valence-corrected chi connectivity index (χ2v) is 18.9. The minimum absolute atomic E-state index is 0.153. The van der Waals surface area contributed by atoms with Crippen LogP contribution in [0.1, 0.15) is 12.5 Å². The summed E-state index contributed by atoms with van der Waals surface area (Å²) in [5, 5.41) is 0. The lowest BCUT2D eigenvalue weighted by molar-refractivity contribution is -0.117. The van der Waals surface area contributed by atoms with E-state index < -0.39 is 16.1 Å². The van der Waals surface area contributed by atoms with Gasteiger partial charge in [-0.3, -0.25) is 9.59 Å². The van der Waals surface area contributed by atoms with Crippen LogP contribution in [0, 0.1) is 0 Å². The lowest BCUT2D eigenvalue weighted by Gasteiger charge is -2.32. The van der Waals surface area contributed by atoms with Crippen LogP contribution >= 0.6 is 0 Å². The fourth-order valence-corrected chi connectivity index (χ4v) is 14.8. The summed E-state index contributed by atoms with van der Waals surface area (Å²) in [5.41, 5.74) is 1.59. The largest absolute Gasteiger partial charge is 0.489 e. The molecule has 0 fully saturated rings. The molecular formula is C20H28O3Si2. The van der Waals surface area contributed by atoms with Crippen LogP contribution in [-0.2, 0) is 14.3 Å². The number of rotatable bonds is 5. The third kappa shape index (κ3) is 3.77. The zero-order valence-corrected chi connectivity index (χ0v) is 18.3. The standard InChI is InChI=1S/C20H28O3Si2/c1-8-23-19-15(14-12-10-9-11-13-14)17(21)16(18(19)22)20(24(2,3)4)25(5,6)7/h9-13H,8H2,1-7H3. The molecule has 0 unspecified atom stereocenters. The third-order valence-corrected chi connectivity index (χ3v) is 12.2. The fourth-order valence-electron chi connectivity index (χ4n) is 3.81. The van der Waals surface area contributed by atoms with Crippen LogP contribution in [0.15, 0.2) is 46.5 Å². The Labute approximate surface area is 152 Å². The molecule has 134 valence electrons. The van der Waals surface area contributed by atoms with Gasteiger partial charge in [0.2, 0.25) is 11.6 Å². The highest BCUT2D eigenvalue weighted by atomic mass is 28.4. The molecule has 3 nitrogen and oxygen atoms in total. The van der Waals surface area contributed by atoms with E-state index in [9.17, 15) is 9.59 Å². The van der Waals surface area contributed by atoms with Gasteiger partial charge in [-0.1, -0.05) is 74.4 Å². The zero-order chi connectivity index (χ0) is 19.0. The van der Waals surface area contributed by atoms with Crippen molar-refractivity contribution in [1.29, 1.82) is 0 Å². The Morgan fingerprint density at radius 1 is 0.880 bits per heavy atom. The molecule has 0 bridgehead atoms. The van der Waals surface area contributed by atoms with E-state index in [0.29, 0.717) is 17.8 Å². The number of allylic oxidation sites excluding steroid dienone is 2. The van der Waals surface area contributed by atoms with Crippen molar-refractivity contribution in [2.45, 2.75) is 46.2 Å². The van der Waals surface area contributed by atoms with Crippen molar-refractivity contribution in [3.63, 3.8) is 0 Å². The average Bonchev–Trinajstić information content (AvgIpc) is 2.71. The van der Waals surface area contributed by atoms with Crippen molar-refractivity contribution in [2.75, 3.05) is 6.61 Å². The monoisotopic (exact) mass is 372 g/mol. The summed E-state index contributed by atoms with van der Waals surface area (Å²) in [4.78, 5) is 27.7. The first-order valence-electron chi connectivity index (χ1n) is 8.77. The van der Waals surface area contributed by atoms with E-state index >= 15 is 0 Å². The lowest BCUT2D eigenvalue weighted by Crippen LogP contribution is -2.42. The van der Waals surface area contributed by atoms with E-state index in [4.69, 9.17) is 4.74 Å². The Morgan fingerprint density at radius 2 is 1.40 bits per heavy atom. The van der Waals surface area contributed by atoms with E-state index in [1.54, 1.807) is 0 Å². The number of hydrogen-bond acceptors (Lipinski definition) is 3. The molecule has 0 amide bonds. The number of ketones is 2. The summed E-state index contributed by atoms with van der Waals surface area (Å²) < 4.78 is 5.66. The maximum absolute atomic E-state index is 13.4. The van der Waals surface area contributed by atoms with Crippen molar-refractivity contribution in [3.8, 4) is 0 Å². The molecule has 0 heterocycles. The second-order valence-electron chi connectivity index (χ2n) is 8.41. The third-order valence-electron chi connectivity index (χ3n) is 4.22. The van der Waals surface area contributed by atoms with Gasteiger partial charge in [-0.25, -0.2) is 0 Å². The van der Waals surface area contributed by atoms with Crippen LogP contribution in [0.5, 0.6) is 0 Å². The fraction of sp³-hybridized carbons (Fsp3) is 0.400. The first-order chi connectivity index (χ1) is 11.5. The summed E-state index contributed by atoms with van der Waals surface area (Å²) in [6.07, 6.45) is 0. The highest BCUT2D eigenvalue weighted by Crippen LogP contribution is 2.39. The lowest BCUT2D eigenvalue weighted by atomic mass is 10.0. The van der Waals surface area contributed by atoms with Crippen molar-refractivity contribution < 1.29 is 14.3 Å². The maximum Gasteiger partial charge on any atom is 0.231 e. The van der Waals surface area contributed by atoms with Gasteiger partial charge >= 0.3 is 0 Å². The molecule has 1 aromatic carbocycles. The van der Waals surface area contributed by atoms with E-state index in [-0.39, 0.29) is 17.3 Å². The molecule has 5 heteroatoms. The topological polar surface area (TPSA) is 43.4 Å². The van der Waals surface area contributed by atoms with Gasteiger partial charge in [0.1, 0.15) is 0 Å². The Kier molecular flexibility index (Phi) is 5.39. The summed E-state index contributed by atoms with van der Waals surface area (Å²) in [6.45, 7) is 15.5. The number of Topliss-reactive ketones (excluding diaryl/α,β-unsaturated/α-hetero) is 2. The van der Waals surface area contributed by atoms with Crippen LogP contribution in [0.25, 0.3) is 5.57 Å². The molecule has 1 aliphatic rings. The summed E-state index contributed by atoms with van der Waals surface area (Å²) in [7, 11) is -3.67. The molecule has 1 aromatic rings. The van der Waals surface area contributed by atoms with Crippen LogP contribution in [0.3, 0.4) is 0 Å². The molecule has 25 heavy (non-hydrogen) atoms. The van der Waals surface area contributed by atoms with Gasteiger partial charge in [0.25, 0.3) is 0 Å². The van der Waals surface area contributed by atoms with Crippen molar-refractivity contribution in [2.24, 2.45) is 0 Å². The van der Waals surface area contributed by atoms with Crippen molar-refractivity contribution >= 4 is 33.3 Å². The van der Waals surface area contributed by atoms with Gasteiger partial charge < -0.3 is 4.74 Å². The molecule has 0 saturated carbocycles. The Bertz CT molecular complexity index is 744. The highest BCUT2D eigenvalue weighted by molar-refractivity contribution is 7.05. The first kappa shape index (κ1) is 19.6. The molecule has 0 aliphatic heterocycles. The van der Waals surface area contributed by atoms with Crippen LogP contribution in [-0.4, -0.2) is 34.3 Å². The van der Waals surface area contributed by atoms with Crippen molar-refractivity contribution in [1.82, 2.24) is 0 Å². The quantitative estimate of drug-likeness (QED) is 0.430. The number of carbonyl (C=O) groups excluding carboxylic acids is 2. The van der Waals surface area contributed by atoms with Gasteiger partial charge in [-0.15, -0.1) is 0 Å². The van der Waals surface area contributed by atoms with E-state index in [2.05, 4.69) is 39.3 Å². The normalized spacial score (nSPS) is 15.9. The summed E-state index contributed by atoms with van der Waals surface area (Å²) in [5.74, 6) is -0.146. The van der Waals surface area contributed by atoms with Gasteiger partial charge in [0.05, 0.1) is 33.9 Å². The molecule has 0 radical (unpaired) electrons. The number of carbonyl (C=O) groups is 2.